The Bertz CT molecular complexity index is 931. The van der Waals surface area contributed by atoms with Crippen molar-refractivity contribution in [2.24, 2.45) is 7.05 Å². The highest BCUT2D eigenvalue weighted by Crippen LogP contribution is 2.26. The lowest BCUT2D eigenvalue weighted by Crippen LogP contribution is -2.36. The lowest BCUT2D eigenvalue weighted by Gasteiger charge is -2.26. The Kier molecular flexibility index (Phi) is 5.88. The first kappa shape index (κ1) is 18.9. The number of hydrogen-bond donors (Lipinski definition) is 0. The van der Waals surface area contributed by atoms with Gasteiger partial charge < -0.3 is 9.47 Å². The van der Waals surface area contributed by atoms with Crippen LogP contribution in [0.1, 0.15) is 18.4 Å². The molecule has 1 saturated heterocycles. The third-order valence-corrected chi connectivity index (χ3v) is 5.26. The summed E-state index contributed by atoms with van der Waals surface area (Å²) in [5, 5.41) is 4.32. The number of unbranched alkanes of at least 4 members (excludes halogenated alkanes) is 1. The molecule has 3 aromatic rings. The van der Waals surface area contributed by atoms with Gasteiger partial charge >= 0.3 is 0 Å². The minimum Gasteiger partial charge on any atom is -0.494 e. The molecule has 1 aliphatic heterocycles. The van der Waals surface area contributed by atoms with Gasteiger partial charge in [-0.15, -0.1) is 0 Å². The largest absolute Gasteiger partial charge is 0.494 e. The minimum atomic E-state index is 0.738. The fourth-order valence-corrected chi connectivity index (χ4v) is 3.75. The summed E-state index contributed by atoms with van der Waals surface area (Å²) in [6, 6.07) is 10.3. The summed E-state index contributed by atoms with van der Waals surface area (Å²) in [6.45, 7) is 7.80. The van der Waals surface area contributed by atoms with Crippen molar-refractivity contribution in [2.75, 3.05) is 39.5 Å². The third kappa shape index (κ3) is 4.34. The molecule has 148 valence electrons. The first-order valence-corrected chi connectivity index (χ1v) is 10.0. The average Bonchev–Trinajstić information content (AvgIpc) is 3.10. The second-order valence-corrected chi connectivity index (χ2v) is 7.36. The molecule has 1 aromatic carbocycles. The fourth-order valence-electron chi connectivity index (χ4n) is 3.75. The number of nitrogens with zero attached hydrogens (tertiary/aromatic N) is 4. The van der Waals surface area contributed by atoms with Gasteiger partial charge in [0, 0.05) is 25.7 Å². The molecule has 3 heterocycles. The SMILES string of the molecule is Cc1cc(-c2cccc(OCCCCN3CCOCC3)c2)nc2cnn(C)c12. The molecule has 1 aliphatic rings. The maximum Gasteiger partial charge on any atom is 0.119 e. The molecular weight excluding hydrogens is 352 g/mol. The monoisotopic (exact) mass is 380 g/mol. The van der Waals surface area contributed by atoms with Gasteiger partial charge in [0.2, 0.25) is 0 Å². The van der Waals surface area contributed by atoms with Gasteiger partial charge in [-0.05, 0) is 50.1 Å². The molecule has 0 spiro atoms. The molecular formula is C22H28N4O2. The van der Waals surface area contributed by atoms with Crippen LogP contribution in [0.25, 0.3) is 22.3 Å². The molecule has 2 aromatic heterocycles. The van der Waals surface area contributed by atoms with Crippen LogP contribution >= 0.6 is 0 Å². The molecule has 0 bridgehead atoms. The van der Waals surface area contributed by atoms with E-state index in [1.54, 1.807) is 0 Å². The molecule has 0 N–H and O–H groups in total. The van der Waals surface area contributed by atoms with E-state index >= 15 is 0 Å². The van der Waals surface area contributed by atoms with Crippen molar-refractivity contribution < 1.29 is 9.47 Å². The van der Waals surface area contributed by atoms with Crippen molar-refractivity contribution >= 4 is 11.0 Å². The number of morpholine rings is 1. The van der Waals surface area contributed by atoms with E-state index in [1.165, 1.54) is 5.56 Å². The summed E-state index contributed by atoms with van der Waals surface area (Å²) >= 11 is 0. The minimum absolute atomic E-state index is 0.738. The van der Waals surface area contributed by atoms with Crippen LogP contribution in [0.2, 0.25) is 0 Å². The molecule has 0 unspecified atom stereocenters. The van der Waals surface area contributed by atoms with E-state index in [0.717, 1.165) is 80.3 Å². The number of hydrogen-bond acceptors (Lipinski definition) is 5. The first-order valence-electron chi connectivity index (χ1n) is 10.0. The highest BCUT2D eigenvalue weighted by atomic mass is 16.5. The molecule has 4 rings (SSSR count). The standard InChI is InChI=1S/C22H28N4O2/c1-17-14-20(24-21-16-23-25(2)22(17)21)18-6-5-7-19(15-18)28-11-4-3-8-26-9-12-27-13-10-26/h5-7,14-16H,3-4,8-13H2,1-2H3. The van der Waals surface area contributed by atoms with Crippen LogP contribution in [0.15, 0.2) is 36.5 Å². The van der Waals surface area contributed by atoms with Gasteiger partial charge in [0.25, 0.3) is 0 Å². The van der Waals surface area contributed by atoms with Gasteiger partial charge in [-0.3, -0.25) is 9.58 Å². The van der Waals surface area contributed by atoms with Gasteiger partial charge in [-0.25, -0.2) is 4.98 Å². The van der Waals surface area contributed by atoms with E-state index in [2.05, 4.69) is 35.1 Å². The van der Waals surface area contributed by atoms with E-state index in [9.17, 15) is 0 Å². The summed E-state index contributed by atoms with van der Waals surface area (Å²) in [5.41, 5.74) is 5.20. The van der Waals surface area contributed by atoms with Crippen LogP contribution in [0.4, 0.5) is 0 Å². The van der Waals surface area contributed by atoms with E-state index in [0.29, 0.717) is 0 Å². The van der Waals surface area contributed by atoms with E-state index in [1.807, 2.05) is 30.1 Å². The average molecular weight is 380 g/mol. The van der Waals surface area contributed by atoms with Crippen molar-refractivity contribution in [2.45, 2.75) is 19.8 Å². The number of fused-ring (bicyclic) bond motifs is 1. The van der Waals surface area contributed by atoms with Crippen LogP contribution in [0, 0.1) is 6.92 Å². The van der Waals surface area contributed by atoms with Crippen molar-refractivity contribution in [3.8, 4) is 17.0 Å². The highest BCUT2D eigenvalue weighted by Gasteiger charge is 2.10. The van der Waals surface area contributed by atoms with Crippen LogP contribution < -0.4 is 4.74 Å². The Labute approximate surface area is 166 Å². The van der Waals surface area contributed by atoms with E-state index in [-0.39, 0.29) is 0 Å². The van der Waals surface area contributed by atoms with Crippen molar-refractivity contribution in [1.29, 1.82) is 0 Å². The van der Waals surface area contributed by atoms with Crippen LogP contribution in [0.3, 0.4) is 0 Å². The van der Waals surface area contributed by atoms with E-state index < -0.39 is 0 Å². The van der Waals surface area contributed by atoms with Gasteiger partial charge in [0.15, 0.2) is 0 Å². The van der Waals surface area contributed by atoms with Gasteiger partial charge in [0.05, 0.1) is 37.2 Å². The lowest BCUT2D eigenvalue weighted by atomic mass is 10.1. The summed E-state index contributed by atoms with van der Waals surface area (Å²) in [4.78, 5) is 7.24. The Balaban J connectivity index is 1.35. The topological polar surface area (TPSA) is 52.4 Å². The molecule has 28 heavy (non-hydrogen) atoms. The zero-order valence-corrected chi connectivity index (χ0v) is 16.7. The van der Waals surface area contributed by atoms with Crippen molar-refractivity contribution in [1.82, 2.24) is 19.7 Å². The third-order valence-electron chi connectivity index (χ3n) is 5.26. The normalized spacial score (nSPS) is 15.2. The maximum atomic E-state index is 5.99. The predicted molar refractivity (Wildman–Crippen MR) is 111 cm³/mol. The fraction of sp³-hybridized carbons (Fsp3) is 0.455. The predicted octanol–water partition coefficient (Wildman–Crippen LogP) is 3.43. The second kappa shape index (κ2) is 8.71. The number of rotatable bonds is 7. The molecule has 1 fully saturated rings. The molecule has 0 atom stereocenters. The number of aryl methyl sites for hydroxylation is 2. The van der Waals surface area contributed by atoms with Crippen LogP contribution in [0.5, 0.6) is 5.75 Å². The smallest absolute Gasteiger partial charge is 0.119 e. The van der Waals surface area contributed by atoms with Crippen LogP contribution in [-0.2, 0) is 11.8 Å². The lowest BCUT2D eigenvalue weighted by molar-refractivity contribution is 0.0368. The summed E-state index contributed by atoms with van der Waals surface area (Å²) in [6.07, 6.45) is 4.03. The Morgan fingerprint density at radius 2 is 2.00 bits per heavy atom. The molecule has 0 aliphatic carbocycles. The zero-order chi connectivity index (χ0) is 19.3. The zero-order valence-electron chi connectivity index (χ0n) is 16.7. The Morgan fingerprint density at radius 3 is 2.86 bits per heavy atom. The number of aromatic nitrogens is 3. The van der Waals surface area contributed by atoms with Gasteiger partial charge in [-0.2, -0.15) is 5.10 Å². The number of pyridine rings is 1. The van der Waals surface area contributed by atoms with Gasteiger partial charge in [0.1, 0.15) is 11.3 Å². The summed E-state index contributed by atoms with van der Waals surface area (Å²) < 4.78 is 13.3. The van der Waals surface area contributed by atoms with E-state index in [4.69, 9.17) is 14.5 Å². The Hall–Kier alpha value is -2.44. The summed E-state index contributed by atoms with van der Waals surface area (Å²) in [7, 11) is 1.95. The molecule has 0 saturated carbocycles. The number of benzene rings is 1. The second-order valence-electron chi connectivity index (χ2n) is 7.36. The van der Waals surface area contributed by atoms with Crippen molar-refractivity contribution in [3.05, 3.63) is 42.1 Å². The van der Waals surface area contributed by atoms with Crippen LogP contribution in [-0.4, -0.2) is 59.1 Å². The van der Waals surface area contributed by atoms with Gasteiger partial charge in [-0.1, -0.05) is 12.1 Å². The highest BCUT2D eigenvalue weighted by molar-refractivity contribution is 5.81. The molecule has 6 heteroatoms. The molecule has 6 nitrogen and oxygen atoms in total. The molecule has 0 radical (unpaired) electrons. The summed E-state index contributed by atoms with van der Waals surface area (Å²) in [5.74, 6) is 0.898. The Morgan fingerprint density at radius 1 is 1.14 bits per heavy atom. The van der Waals surface area contributed by atoms with Crippen molar-refractivity contribution in [3.63, 3.8) is 0 Å². The quantitative estimate of drug-likeness (QED) is 0.588. The number of ether oxygens (including phenoxy) is 2. The molecule has 0 amide bonds. The maximum absolute atomic E-state index is 5.99. The first-order chi connectivity index (χ1) is 13.7.